The predicted octanol–water partition coefficient (Wildman–Crippen LogP) is 1.10. The van der Waals surface area contributed by atoms with Crippen LogP contribution in [0.25, 0.3) is 11.3 Å². The highest BCUT2D eigenvalue weighted by Crippen LogP contribution is 2.17. The predicted molar refractivity (Wildman–Crippen MR) is 71.1 cm³/mol. The molecule has 3 rings (SSSR count). The van der Waals surface area contributed by atoms with Gasteiger partial charge in [-0.25, -0.2) is 0 Å². The van der Waals surface area contributed by atoms with Gasteiger partial charge in [-0.15, -0.1) is 0 Å². The molecule has 7 nitrogen and oxygen atoms in total. The first-order valence-electron chi connectivity index (χ1n) is 5.78. The Labute approximate surface area is 112 Å². The van der Waals surface area contributed by atoms with Crippen molar-refractivity contribution in [1.82, 2.24) is 14.8 Å². The molecule has 100 valence electrons. The summed E-state index contributed by atoms with van der Waals surface area (Å²) in [5.41, 5.74) is 6.12. The molecule has 0 saturated carbocycles. The van der Waals surface area contributed by atoms with Crippen molar-refractivity contribution in [2.75, 3.05) is 5.73 Å². The lowest BCUT2D eigenvalue weighted by Crippen LogP contribution is -2.15. The number of furan rings is 1. The number of rotatable bonds is 2. The summed E-state index contributed by atoms with van der Waals surface area (Å²) < 4.78 is 6.01. The van der Waals surface area contributed by atoms with Crippen LogP contribution in [0, 0.1) is 0 Å². The van der Waals surface area contributed by atoms with Gasteiger partial charge in [-0.3, -0.25) is 9.59 Å². The fraction of sp³-hybridized carbons (Fsp3) is 0. The van der Waals surface area contributed by atoms with E-state index >= 15 is 0 Å². The molecule has 7 heteroatoms. The Balaban J connectivity index is 2.06. The van der Waals surface area contributed by atoms with E-state index in [4.69, 9.17) is 10.2 Å². The van der Waals surface area contributed by atoms with Crippen molar-refractivity contribution in [2.24, 2.45) is 0 Å². The quantitative estimate of drug-likeness (QED) is 0.725. The van der Waals surface area contributed by atoms with Gasteiger partial charge in [-0.2, -0.15) is 9.78 Å². The van der Waals surface area contributed by atoms with Crippen LogP contribution in [0.4, 0.5) is 5.82 Å². The maximum Gasteiger partial charge on any atom is 0.315 e. The van der Waals surface area contributed by atoms with Gasteiger partial charge in [-0.1, -0.05) is 0 Å². The Bertz CT molecular complexity index is 814. The van der Waals surface area contributed by atoms with Crippen LogP contribution in [0.1, 0.15) is 10.6 Å². The fourth-order valence-corrected chi connectivity index (χ4v) is 1.82. The van der Waals surface area contributed by atoms with Crippen LogP contribution in [0.5, 0.6) is 0 Å². The van der Waals surface area contributed by atoms with Gasteiger partial charge in [0.1, 0.15) is 11.5 Å². The minimum absolute atomic E-state index is 0.119. The van der Waals surface area contributed by atoms with Crippen molar-refractivity contribution in [2.45, 2.75) is 0 Å². The standard InChI is InChI=1S/C13H10N4O3/c14-11-7-9(8-3-1-5-15-12(8)18)16-17(11)13(19)10-4-2-6-20-10/h1-7H,14H2,(H,15,18). The summed E-state index contributed by atoms with van der Waals surface area (Å²) >= 11 is 0. The molecule has 0 aliphatic rings. The molecule has 3 aromatic rings. The summed E-state index contributed by atoms with van der Waals surface area (Å²) in [6.45, 7) is 0. The number of carbonyl (C=O) groups is 1. The van der Waals surface area contributed by atoms with Gasteiger partial charge in [0.15, 0.2) is 5.76 Å². The van der Waals surface area contributed by atoms with E-state index in [9.17, 15) is 9.59 Å². The molecule has 0 atom stereocenters. The molecule has 3 heterocycles. The smallest absolute Gasteiger partial charge is 0.315 e. The maximum atomic E-state index is 12.1. The minimum Gasteiger partial charge on any atom is -0.459 e. The normalized spacial score (nSPS) is 10.6. The van der Waals surface area contributed by atoms with Crippen LogP contribution >= 0.6 is 0 Å². The molecule has 0 aliphatic heterocycles. The lowest BCUT2D eigenvalue weighted by atomic mass is 10.2. The van der Waals surface area contributed by atoms with Crippen LogP contribution in [-0.2, 0) is 0 Å². The number of hydrogen-bond acceptors (Lipinski definition) is 5. The van der Waals surface area contributed by atoms with Gasteiger partial charge in [0, 0.05) is 12.3 Å². The second-order valence-electron chi connectivity index (χ2n) is 4.06. The zero-order valence-corrected chi connectivity index (χ0v) is 10.2. The second-order valence-corrected chi connectivity index (χ2v) is 4.06. The van der Waals surface area contributed by atoms with E-state index in [0.29, 0.717) is 11.3 Å². The molecule has 0 fully saturated rings. The number of hydrogen-bond donors (Lipinski definition) is 2. The SMILES string of the molecule is Nc1cc(-c2ccc[nH]c2=O)nn1C(=O)c1ccco1. The van der Waals surface area contributed by atoms with Gasteiger partial charge < -0.3 is 15.1 Å². The fourth-order valence-electron chi connectivity index (χ4n) is 1.82. The first kappa shape index (κ1) is 12.0. The molecule has 0 saturated heterocycles. The third-order valence-corrected chi connectivity index (χ3v) is 2.76. The third-order valence-electron chi connectivity index (χ3n) is 2.76. The minimum atomic E-state index is -0.494. The number of nitrogens with one attached hydrogen (secondary N) is 1. The number of nitrogen functional groups attached to an aromatic ring is 1. The molecule has 0 unspecified atom stereocenters. The first-order chi connectivity index (χ1) is 9.66. The van der Waals surface area contributed by atoms with Crippen LogP contribution in [-0.4, -0.2) is 20.7 Å². The first-order valence-corrected chi connectivity index (χ1v) is 5.78. The Kier molecular flexibility index (Phi) is 2.72. The third kappa shape index (κ3) is 1.91. The molecule has 0 radical (unpaired) electrons. The second kappa shape index (κ2) is 4.54. The van der Waals surface area contributed by atoms with E-state index < -0.39 is 5.91 Å². The van der Waals surface area contributed by atoms with E-state index in [1.165, 1.54) is 24.6 Å². The highest BCUT2D eigenvalue weighted by molar-refractivity contribution is 5.95. The van der Waals surface area contributed by atoms with Crippen molar-refractivity contribution in [3.8, 4) is 11.3 Å². The van der Waals surface area contributed by atoms with Crippen molar-refractivity contribution in [3.63, 3.8) is 0 Å². The Hall–Kier alpha value is -3.09. The van der Waals surface area contributed by atoms with Gasteiger partial charge in [0.05, 0.1) is 11.8 Å². The number of nitrogens with two attached hydrogens (primary N) is 1. The largest absolute Gasteiger partial charge is 0.459 e. The summed E-state index contributed by atoms with van der Waals surface area (Å²) in [4.78, 5) is 26.3. The molecule has 0 spiro atoms. The number of nitrogens with zero attached hydrogens (tertiary/aromatic N) is 2. The Morgan fingerprint density at radius 1 is 1.35 bits per heavy atom. The van der Waals surface area contributed by atoms with Crippen molar-refractivity contribution >= 4 is 11.7 Å². The summed E-state index contributed by atoms with van der Waals surface area (Å²) in [6, 6.07) is 7.84. The molecule has 20 heavy (non-hydrogen) atoms. The van der Waals surface area contributed by atoms with Gasteiger partial charge in [0.25, 0.3) is 5.56 Å². The zero-order valence-electron chi connectivity index (χ0n) is 10.2. The van der Waals surface area contributed by atoms with Crippen molar-refractivity contribution < 1.29 is 9.21 Å². The topological polar surface area (TPSA) is 107 Å². The summed E-state index contributed by atoms with van der Waals surface area (Å²) in [6.07, 6.45) is 2.90. The van der Waals surface area contributed by atoms with Gasteiger partial charge in [0.2, 0.25) is 0 Å². The summed E-state index contributed by atoms with van der Waals surface area (Å²) in [7, 11) is 0. The summed E-state index contributed by atoms with van der Waals surface area (Å²) in [5, 5.41) is 4.06. The number of H-pyrrole nitrogens is 1. The molecular formula is C13H10N4O3. The molecule has 3 N–H and O–H groups in total. The summed E-state index contributed by atoms with van der Waals surface area (Å²) in [5.74, 6) is -0.246. The lowest BCUT2D eigenvalue weighted by Gasteiger charge is -1.98. The molecular weight excluding hydrogens is 260 g/mol. The maximum absolute atomic E-state index is 12.1. The number of aromatic nitrogens is 3. The van der Waals surface area contributed by atoms with E-state index in [2.05, 4.69) is 10.1 Å². The van der Waals surface area contributed by atoms with Gasteiger partial charge in [-0.05, 0) is 24.3 Å². The van der Waals surface area contributed by atoms with E-state index in [1.807, 2.05) is 0 Å². The van der Waals surface area contributed by atoms with Crippen LogP contribution in [0.2, 0.25) is 0 Å². The van der Waals surface area contributed by atoms with Gasteiger partial charge >= 0.3 is 5.91 Å². The molecule has 3 aromatic heterocycles. The van der Waals surface area contributed by atoms with Crippen LogP contribution in [0.15, 0.2) is 52.0 Å². The van der Waals surface area contributed by atoms with Crippen LogP contribution in [0.3, 0.4) is 0 Å². The Morgan fingerprint density at radius 3 is 2.90 bits per heavy atom. The highest BCUT2D eigenvalue weighted by Gasteiger charge is 2.18. The molecule has 0 amide bonds. The zero-order chi connectivity index (χ0) is 14.1. The molecule has 0 aromatic carbocycles. The lowest BCUT2D eigenvalue weighted by molar-refractivity contribution is 0.0920. The number of aromatic amines is 1. The van der Waals surface area contributed by atoms with Crippen LogP contribution < -0.4 is 11.3 Å². The molecule has 0 bridgehead atoms. The molecule has 0 aliphatic carbocycles. The number of anilines is 1. The average molecular weight is 270 g/mol. The van der Waals surface area contributed by atoms with E-state index in [0.717, 1.165) is 4.68 Å². The highest BCUT2D eigenvalue weighted by atomic mass is 16.3. The van der Waals surface area contributed by atoms with E-state index in [1.54, 1.807) is 18.2 Å². The average Bonchev–Trinajstić information content (AvgIpc) is 3.08. The Morgan fingerprint density at radius 2 is 2.20 bits per heavy atom. The van der Waals surface area contributed by atoms with E-state index in [-0.39, 0.29) is 17.1 Å². The number of carbonyl (C=O) groups excluding carboxylic acids is 1. The van der Waals surface area contributed by atoms with Crippen molar-refractivity contribution in [1.29, 1.82) is 0 Å². The monoisotopic (exact) mass is 270 g/mol. The number of pyridine rings is 1. The van der Waals surface area contributed by atoms with Crippen molar-refractivity contribution in [3.05, 3.63) is 58.9 Å².